The number of hydrogen-bond donors (Lipinski definition) is 0. The minimum absolute atomic E-state index is 0.190. The molecule has 96 valence electrons. The lowest BCUT2D eigenvalue weighted by molar-refractivity contribution is 0.590. The van der Waals surface area contributed by atoms with Crippen LogP contribution in [0.4, 0.5) is 0 Å². The SMILES string of the molecule is Cc1nc(-c2ccc(C(C)(C)C)cc2)c(Br)n1C. The van der Waals surface area contributed by atoms with Gasteiger partial charge in [-0.15, -0.1) is 0 Å². The summed E-state index contributed by atoms with van der Waals surface area (Å²) in [4.78, 5) is 4.59. The third kappa shape index (κ3) is 2.37. The van der Waals surface area contributed by atoms with Gasteiger partial charge in [0.05, 0.1) is 0 Å². The summed E-state index contributed by atoms with van der Waals surface area (Å²) in [5.41, 5.74) is 3.69. The van der Waals surface area contributed by atoms with Gasteiger partial charge >= 0.3 is 0 Å². The van der Waals surface area contributed by atoms with E-state index in [-0.39, 0.29) is 5.41 Å². The molecule has 0 saturated carbocycles. The van der Waals surface area contributed by atoms with Crippen LogP contribution in [0.2, 0.25) is 0 Å². The Labute approximate surface area is 117 Å². The summed E-state index contributed by atoms with van der Waals surface area (Å²) in [7, 11) is 2.01. The summed E-state index contributed by atoms with van der Waals surface area (Å²) in [6.45, 7) is 8.69. The number of hydrogen-bond acceptors (Lipinski definition) is 1. The number of aromatic nitrogens is 2. The molecule has 0 bridgehead atoms. The highest BCUT2D eigenvalue weighted by atomic mass is 79.9. The first-order chi connectivity index (χ1) is 8.30. The lowest BCUT2D eigenvalue weighted by Gasteiger charge is -2.18. The minimum atomic E-state index is 0.190. The average Bonchev–Trinajstić information content (AvgIpc) is 2.56. The van der Waals surface area contributed by atoms with Crippen molar-refractivity contribution in [2.75, 3.05) is 0 Å². The van der Waals surface area contributed by atoms with Crippen LogP contribution in [0.1, 0.15) is 32.2 Å². The maximum Gasteiger partial charge on any atom is 0.112 e. The summed E-state index contributed by atoms with van der Waals surface area (Å²) < 4.78 is 3.08. The number of aryl methyl sites for hydroxylation is 1. The predicted molar refractivity (Wildman–Crippen MR) is 79.8 cm³/mol. The Morgan fingerprint density at radius 1 is 1.11 bits per heavy atom. The molecule has 18 heavy (non-hydrogen) atoms. The van der Waals surface area contributed by atoms with Crippen molar-refractivity contribution in [1.82, 2.24) is 9.55 Å². The van der Waals surface area contributed by atoms with Crippen LogP contribution < -0.4 is 0 Å². The van der Waals surface area contributed by atoms with Crippen LogP contribution in [0.3, 0.4) is 0 Å². The van der Waals surface area contributed by atoms with E-state index < -0.39 is 0 Å². The van der Waals surface area contributed by atoms with E-state index in [2.05, 4.69) is 66.0 Å². The topological polar surface area (TPSA) is 17.8 Å². The molecule has 0 spiro atoms. The second-order valence-corrected chi connectivity index (χ2v) is 6.44. The van der Waals surface area contributed by atoms with Gasteiger partial charge in [0.25, 0.3) is 0 Å². The molecule has 0 saturated heterocycles. The van der Waals surface area contributed by atoms with Crippen LogP contribution in [0.5, 0.6) is 0 Å². The summed E-state index contributed by atoms with van der Waals surface area (Å²) in [5, 5.41) is 0. The van der Waals surface area contributed by atoms with Crippen LogP contribution in [0.15, 0.2) is 28.9 Å². The Morgan fingerprint density at radius 3 is 2.06 bits per heavy atom. The second-order valence-electron chi connectivity index (χ2n) is 5.68. The van der Waals surface area contributed by atoms with Gasteiger partial charge in [-0.2, -0.15) is 0 Å². The minimum Gasteiger partial charge on any atom is -0.326 e. The molecule has 0 unspecified atom stereocenters. The Morgan fingerprint density at radius 2 is 1.67 bits per heavy atom. The molecular formula is C15H19BrN2. The fraction of sp³-hybridized carbons (Fsp3) is 0.400. The van der Waals surface area contributed by atoms with Crippen LogP contribution in [-0.4, -0.2) is 9.55 Å². The zero-order chi connectivity index (χ0) is 13.5. The van der Waals surface area contributed by atoms with Crippen LogP contribution in [0.25, 0.3) is 11.3 Å². The van der Waals surface area contributed by atoms with E-state index in [0.29, 0.717) is 0 Å². The van der Waals surface area contributed by atoms with Crippen LogP contribution >= 0.6 is 15.9 Å². The predicted octanol–water partition coefficient (Wildman–Crippen LogP) is 4.46. The smallest absolute Gasteiger partial charge is 0.112 e. The Balaban J connectivity index is 2.44. The van der Waals surface area contributed by atoms with Gasteiger partial charge in [0.2, 0.25) is 0 Å². The maximum absolute atomic E-state index is 4.59. The van der Waals surface area contributed by atoms with E-state index in [4.69, 9.17) is 0 Å². The summed E-state index contributed by atoms with van der Waals surface area (Å²) in [6, 6.07) is 8.66. The molecular weight excluding hydrogens is 288 g/mol. The normalized spacial score (nSPS) is 11.9. The highest BCUT2D eigenvalue weighted by molar-refractivity contribution is 9.10. The third-order valence-corrected chi connectivity index (χ3v) is 4.18. The molecule has 0 fully saturated rings. The van der Waals surface area contributed by atoms with Crippen molar-refractivity contribution in [2.24, 2.45) is 7.05 Å². The summed E-state index contributed by atoms with van der Waals surface area (Å²) >= 11 is 3.60. The lowest BCUT2D eigenvalue weighted by atomic mass is 9.86. The van der Waals surface area contributed by atoms with E-state index in [9.17, 15) is 0 Å². The fourth-order valence-electron chi connectivity index (χ4n) is 1.90. The van der Waals surface area contributed by atoms with Crippen molar-refractivity contribution < 1.29 is 0 Å². The molecule has 2 aromatic rings. The van der Waals surface area contributed by atoms with Crippen LogP contribution in [-0.2, 0) is 12.5 Å². The maximum atomic E-state index is 4.59. The van der Waals surface area contributed by atoms with Gasteiger partial charge in [-0.1, -0.05) is 45.0 Å². The van der Waals surface area contributed by atoms with Gasteiger partial charge in [0, 0.05) is 12.6 Å². The second kappa shape index (κ2) is 4.54. The number of benzene rings is 1. The molecule has 2 nitrogen and oxygen atoms in total. The van der Waals surface area contributed by atoms with Crippen LogP contribution in [0, 0.1) is 6.92 Å². The van der Waals surface area contributed by atoms with Gasteiger partial charge < -0.3 is 4.57 Å². The highest BCUT2D eigenvalue weighted by Crippen LogP contribution is 2.30. The summed E-state index contributed by atoms with van der Waals surface area (Å²) in [6.07, 6.45) is 0. The number of imidazole rings is 1. The van der Waals surface area contributed by atoms with Crippen molar-refractivity contribution in [1.29, 1.82) is 0 Å². The van der Waals surface area contributed by atoms with E-state index in [0.717, 1.165) is 21.7 Å². The summed E-state index contributed by atoms with van der Waals surface area (Å²) in [5.74, 6) is 1.01. The molecule has 0 aliphatic heterocycles. The van der Waals surface area contributed by atoms with E-state index in [1.54, 1.807) is 0 Å². The van der Waals surface area contributed by atoms with Gasteiger partial charge in [-0.05, 0) is 33.8 Å². The molecule has 1 heterocycles. The number of rotatable bonds is 1. The van der Waals surface area contributed by atoms with E-state index >= 15 is 0 Å². The van der Waals surface area contributed by atoms with Gasteiger partial charge in [-0.25, -0.2) is 4.98 Å². The molecule has 0 atom stereocenters. The zero-order valence-electron chi connectivity index (χ0n) is 11.6. The Hall–Kier alpha value is -1.09. The lowest BCUT2D eigenvalue weighted by Crippen LogP contribution is -2.10. The van der Waals surface area contributed by atoms with Crippen molar-refractivity contribution in [3.8, 4) is 11.3 Å². The standard InChI is InChI=1S/C15H19BrN2/c1-10-17-13(14(16)18(10)5)11-6-8-12(9-7-11)15(2,3)4/h6-9H,1-5H3. The molecule has 2 rings (SSSR count). The number of halogens is 1. The first kappa shape index (κ1) is 13.3. The molecule has 0 aliphatic carbocycles. The van der Waals surface area contributed by atoms with Crippen molar-refractivity contribution >= 4 is 15.9 Å². The fourth-order valence-corrected chi connectivity index (χ4v) is 2.47. The first-order valence-electron chi connectivity index (χ1n) is 6.10. The number of nitrogens with zero attached hydrogens (tertiary/aromatic N) is 2. The van der Waals surface area contributed by atoms with Gasteiger partial charge in [-0.3, -0.25) is 0 Å². The Kier molecular flexibility index (Phi) is 3.37. The molecule has 1 aromatic carbocycles. The van der Waals surface area contributed by atoms with E-state index in [1.807, 2.05) is 18.5 Å². The molecule has 1 aromatic heterocycles. The van der Waals surface area contributed by atoms with Crippen molar-refractivity contribution in [3.63, 3.8) is 0 Å². The molecule has 0 aliphatic rings. The largest absolute Gasteiger partial charge is 0.326 e. The highest BCUT2D eigenvalue weighted by Gasteiger charge is 2.15. The van der Waals surface area contributed by atoms with Gasteiger partial charge in [0.1, 0.15) is 16.1 Å². The molecule has 0 radical (unpaired) electrons. The monoisotopic (exact) mass is 306 g/mol. The zero-order valence-corrected chi connectivity index (χ0v) is 13.2. The van der Waals surface area contributed by atoms with E-state index in [1.165, 1.54) is 5.56 Å². The third-order valence-electron chi connectivity index (χ3n) is 3.27. The quantitative estimate of drug-likeness (QED) is 0.761. The van der Waals surface area contributed by atoms with Crippen molar-refractivity contribution in [2.45, 2.75) is 33.1 Å². The van der Waals surface area contributed by atoms with Crippen molar-refractivity contribution in [3.05, 3.63) is 40.3 Å². The molecule has 0 amide bonds. The molecule has 3 heteroatoms. The van der Waals surface area contributed by atoms with Gasteiger partial charge in [0.15, 0.2) is 0 Å². The Bertz CT molecular complexity index is 559. The average molecular weight is 307 g/mol. The first-order valence-corrected chi connectivity index (χ1v) is 6.89. The molecule has 0 N–H and O–H groups in total.